The van der Waals surface area contributed by atoms with Gasteiger partial charge in [0.1, 0.15) is 6.04 Å². The summed E-state index contributed by atoms with van der Waals surface area (Å²) >= 11 is 5.81. The predicted octanol–water partition coefficient (Wildman–Crippen LogP) is 3.13. The summed E-state index contributed by atoms with van der Waals surface area (Å²) in [5.41, 5.74) is 15.3. The smallest absolute Gasteiger partial charge is 0.326 e. The van der Waals surface area contributed by atoms with Crippen LogP contribution in [0.5, 0.6) is 0 Å². The van der Waals surface area contributed by atoms with Crippen molar-refractivity contribution in [2.45, 2.75) is 57.4 Å². The second kappa shape index (κ2) is 17.2. The second-order valence-corrected chi connectivity index (χ2v) is 12.0. The van der Waals surface area contributed by atoms with E-state index in [0.29, 0.717) is 25.3 Å². The number of hydrogen-bond acceptors (Lipinski definition) is 9. The number of anilines is 2. The lowest BCUT2D eigenvalue weighted by atomic mass is 9.91. The van der Waals surface area contributed by atoms with Crippen molar-refractivity contribution in [2.24, 2.45) is 5.92 Å². The van der Waals surface area contributed by atoms with Gasteiger partial charge in [-0.25, -0.2) is 14.8 Å². The van der Waals surface area contributed by atoms with Gasteiger partial charge in [0.25, 0.3) is 5.91 Å². The normalized spacial score (nSPS) is 13.8. The first-order chi connectivity index (χ1) is 22.6. The molecular weight excluding hydrogens is 622 g/mol. The van der Waals surface area contributed by atoms with Crippen molar-refractivity contribution in [3.63, 3.8) is 0 Å². The zero-order valence-corrected chi connectivity index (χ0v) is 26.9. The number of nitrogen functional groups attached to an aromatic ring is 2. The molecule has 47 heavy (non-hydrogen) atoms. The molecule has 0 unspecified atom stereocenters. The topological polar surface area (TPSA) is 221 Å². The van der Waals surface area contributed by atoms with Crippen LogP contribution in [-0.4, -0.2) is 64.5 Å². The summed E-state index contributed by atoms with van der Waals surface area (Å²) < 4.78 is 0. The molecule has 1 fully saturated rings. The van der Waals surface area contributed by atoms with Crippen molar-refractivity contribution in [2.75, 3.05) is 31.1 Å². The van der Waals surface area contributed by atoms with E-state index < -0.39 is 17.9 Å². The van der Waals surface area contributed by atoms with Crippen LogP contribution in [0, 0.1) is 11.3 Å². The number of guanidine groups is 1. The molecule has 1 aromatic heterocycles. The van der Waals surface area contributed by atoms with E-state index in [4.69, 9.17) is 28.5 Å². The highest BCUT2D eigenvalue weighted by molar-refractivity contribution is 6.31. The SMILES string of the molecule is N=C(NCCCCc1ccc(-c2ccc(CCC(=O)N[C@H](CC3CCNCC3)C(=O)O)cc2)cc1)NC(=O)c1nc(Cl)c(N)nc1N. The van der Waals surface area contributed by atoms with Gasteiger partial charge in [-0.1, -0.05) is 60.1 Å². The van der Waals surface area contributed by atoms with E-state index in [1.807, 2.05) is 24.3 Å². The molecule has 2 amide bonds. The molecule has 0 radical (unpaired) electrons. The Kier molecular flexibility index (Phi) is 12.9. The van der Waals surface area contributed by atoms with Crippen molar-refractivity contribution in [1.82, 2.24) is 31.2 Å². The molecule has 1 aliphatic heterocycles. The number of aryl methyl sites for hydroxylation is 2. The maximum absolute atomic E-state index is 12.5. The number of rotatable bonds is 14. The summed E-state index contributed by atoms with van der Waals surface area (Å²) in [6.45, 7) is 2.27. The molecule has 2 heterocycles. The third-order valence-corrected chi connectivity index (χ3v) is 8.37. The van der Waals surface area contributed by atoms with Gasteiger partial charge in [0.15, 0.2) is 28.4 Å². The molecular formula is C33H42ClN9O4. The van der Waals surface area contributed by atoms with E-state index in [1.165, 1.54) is 5.56 Å². The number of carbonyl (C=O) groups is 3. The highest BCUT2D eigenvalue weighted by atomic mass is 35.5. The van der Waals surface area contributed by atoms with Gasteiger partial charge in [-0.15, -0.1) is 0 Å². The third kappa shape index (κ3) is 10.9. The fraction of sp³-hybridized carbons (Fsp3) is 0.394. The summed E-state index contributed by atoms with van der Waals surface area (Å²) in [6.07, 6.45) is 5.63. The Balaban J connectivity index is 1.14. The van der Waals surface area contributed by atoms with E-state index in [-0.39, 0.29) is 40.8 Å². The Morgan fingerprint density at radius 2 is 1.55 bits per heavy atom. The number of hydrogen-bond donors (Lipinski definition) is 8. The Labute approximate surface area is 278 Å². The Morgan fingerprint density at radius 1 is 0.936 bits per heavy atom. The van der Waals surface area contributed by atoms with Crippen LogP contribution in [0.3, 0.4) is 0 Å². The number of carbonyl (C=O) groups excluding carboxylic acids is 2. The molecule has 13 nitrogen and oxygen atoms in total. The number of aromatic nitrogens is 2. The standard InChI is InChI=1S/C33H42ClN9O4/c34-28-30(36)42-29(35)27(41-28)31(45)43-33(37)39-16-2-1-3-20-4-9-23(10-5-20)24-11-6-21(7-12-24)8-13-26(44)40-25(32(46)47)19-22-14-17-38-18-15-22/h4-7,9-12,22,25,38H,1-3,8,13-19H2,(H,40,44)(H,46,47)(H4,35,36,42)(H3,37,39,43,45)/t25-/m1/s1. The molecule has 0 aliphatic carbocycles. The van der Waals surface area contributed by atoms with Crippen LogP contribution in [0.25, 0.3) is 11.1 Å². The lowest BCUT2D eigenvalue weighted by Gasteiger charge is -2.25. The van der Waals surface area contributed by atoms with Crippen LogP contribution >= 0.6 is 11.6 Å². The van der Waals surface area contributed by atoms with Gasteiger partial charge in [0.2, 0.25) is 5.91 Å². The van der Waals surface area contributed by atoms with Crippen LogP contribution in [0.4, 0.5) is 11.6 Å². The number of nitrogens with two attached hydrogens (primary N) is 2. The number of carboxylic acid groups (broad SMARTS) is 1. The molecule has 0 bridgehead atoms. The van der Waals surface area contributed by atoms with Crippen LogP contribution in [0.1, 0.15) is 60.1 Å². The molecule has 14 heteroatoms. The van der Waals surface area contributed by atoms with E-state index in [0.717, 1.165) is 61.9 Å². The summed E-state index contributed by atoms with van der Waals surface area (Å²) in [5.74, 6) is -2.05. The van der Waals surface area contributed by atoms with Gasteiger partial charge >= 0.3 is 5.97 Å². The monoisotopic (exact) mass is 663 g/mol. The minimum Gasteiger partial charge on any atom is -0.480 e. The average Bonchev–Trinajstić information content (AvgIpc) is 3.06. The maximum Gasteiger partial charge on any atom is 0.326 e. The second-order valence-electron chi connectivity index (χ2n) is 11.6. The number of aliphatic carboxylic acids is 1. The first kappa shape index (κ1) is 35.1. The first-order valence-corrected chi connectivity index (χ1v) is 16.1. The summed E-state index contributed by atoms with van der Waals surface area (Å²) in [4.78, 5) is 44.1. The largest absolute Gasteiger partial charge is 0.480 e. The number of amides is 2. The van der Waals surface area contributed by atoms with E-state index in [9.17, 15) is 19.5 Å². The van der Waals surface area contributed by atoms with Crippen LogP contribution in [0.15, 0.2) is 48.5 Å². The molecule has 3 aromatic rings. The lowest BCUT2D eigenvalue weighted by molar-refractivity contribution is -0.142. The van der Waals surface area contributed by atoms with E-state index in [2.05, 4.69) is 55.5 Å². The molecule has 2 aromatic carbocycles. The molecule has 1 atom stereocenters. The zero-order chi connectivity index (χ0) is 33.8. The quantitative estimate of drug-likeness (QED) is 0.0715. The van der Waals surface area contributed by atoms with Crippen LogP contribution < -0.4 is 32.7 Å². The number of unbranched alkanes of at least 4 members (excludes halogenated alkanes) is 1. The fourth-order valence-corrected chi connectivity index (χ4v) is 5.54. The molecule has 1 aliphatic rings. The van der Waals surface area contributed by atoms with Gasteiger partial charge in [-0.3, -0.25) is 20.3 Å². The van der Waals surface area contributed by atoms with Crippen molar-refractivity contribution in [3.05, 3.63) is 70.5 Å². The minimum absolute atomic E-state index is 0.0781. The van der Waals surface area contributed by atoms with Gasteiger partial charge in [0.05, 0.1) is 0 Å². The van der Waals surface area contributed by atoms with E-state index in [1.54, 1.807) is 0 Å². The highest BCUT2D eigenvalue weighted by Gasteiger charge is 2.25. The Morgan fingerprint density at radius 3 is 2.17 bits per heavy atom. The number of benzene rings is 2. The summed E-state index contributed by atoms with van der Waals surface area (Å²) in [6, 6.07) is 15.6. The minimum atomic E-state index is -0.978. The fourth-order valence-electron chi connectivity index (χ4n) is 5.42. The number of nitrogens with zero attached hydrogens (tertiary/aromatic N) is 2. The van der Waals surface area contributed by atoms with Gasteiger partial charge in [-0.05, 0) is 86.2 Å². The van der Waals surface area contributed by atoms with Crippen LogP contribution in [-0.2, 0) is 22.4 Å². The molecule has 10 N–H and O–H groups in total. The number of piperidine rings is 1. The van der Waals surface area contributed by atoms with Crippen molar-refractivity contribution in [3.8, 4) is 11.1 Å². The number of halogens is 1. The Bertz CT molecular complexity index is 1540. The molecule has 250 valence electrons. The van der Waals surface area contributed by atoms with Crippen molar-refractivity contribution >= 4 is 47.0 Å². The molecule has 0 spiro atoms. The zero-order valence-electron chi connectivity index (χ0n) is 26.2. The van der Waals surface area contributed by atoms with Crippen molar-refractivity contribution < 1.29 is 19.5 Å². The predicted molar refractivity (Wildman–Crippen MR) is 182 cm³/mol. The van der Waals surface area contributed by atoms with Gasteiger partial charge in [0, 0.05) is 13.0 Å². The first-order valence-electron chi connectivity index (χ1n) is 15.7. The molecule has 1 saturated heterocycles. The number of carboxylic acids is 1. The average molecular weight is 664 g/mol. The highest BCUT2D eigenvalue weighted by Crippen LogP contribution is 2.22. The van der Waals surface area contributed by atoms with Crippen LogP contribution in [0.2, 0.25) is 5.15 Å². The van der Waals surface area contributed by atoms with E-state index >= 15 is 0 Å². The maximum atomic E-state index is 12.5. The number of nitrogens with one attached hydrogen (secondary N) is 5. The molecule has 4 rings (SSSR count). The van der Waals surface area contributed by atoms with Crippen molar-refractivity contribution in [1.29, 1.82) is 5.41 Å². The van der Waals surface area contributed by atoms with Gasteiger partial charge in [-0.2, -0.15) is 0 Å². The lowest BCUT2D eigenvalue weighted by Crippen LogP contribution is -2.43. The van der Waals surface area contributed by atoms with Gasteiger partial charge < -0.3 is 32.5 Å². The summed E-state index contributed by atoms with van der Waals surface area (Å²) in [5, 5.41) is 28.6. The summed E-state index contributed by atoms with van der Waals surface area (Å²) in [7, 11) is 0. The molecule has 0 saturated carbocycles. The Hall–Kier alpha value is -4.75. The third-order valence-electron chi connectivity index (χ3n) is 8.10.